The van der Waals surface area contributed by atoms with Crippen molar-refractivity contribution in [3.63, 3.8) is 0 Å². The van der Waals surface area contributed by atoms with Gasteiger partial charge in [0.25, 0.3) is 0 Å². The van der Waals surface area contributed by atoms with Crippen molar-refractivity contribution < 1.29 is 4.84 Å². The molecule has 0 aliphatic rings. The molecule has 1 aromatic rings. The van der Waals surface area contributed by atoms with Gasteiger partial charge in [0.2, 0.25) is 0 Å². The normalized spacial score (nSPS) is 10.9. The van der Waals surface area contributed by atoms with E-state index in [1.807, 2.05) is 26.0 Å². The second-order valence-corrected chi connectivity index (χ2v) is 3.46. The Morgan fingerprint density at radius 3 is 2.92 bits per heavy atom. The first kappa shape index (κ1) is 9.22. The molecule has 0 unspecified atom stereocenters. The lowest BCUT2D eigenvalue weighted by Crippen LogP contribution is -1.94. The summed E-state index contributed by atoms with van der Waals surface area (Å²) in [6.07, 6.45) is 3.90. The minimum absolute atomic E-state index is 0.932. The number of allylic oxidation sites excluding steroid dienone is 1. The van der Waals surface area contributed by atoms with Crippen LogP contribution in [0.1, 0.15) is 17.6 Å². The van der Waals surface area contributed by atoms with E-state index in [1.165, 1.54) is 0 Å². The van der Waals surface area contributed by atoms with Crippen LogP contribution in [0.15, 0.2) is 6.08 Å². The molecule has 1 aromatic heterocycles. The monoisotopic (exact) mass is 184 g/mol. The summed E-state index contributed by atoms with van der Waals surface area (Å²) in [5.74, 6) is 0. The largest absolute Gasteiger partial charge is 0.279 e. The zero-order valence-corrected chi connectivity index (χ0v) is 8.23. The van der Waals surface area contributed by atoms with E-state index in [2.05, 4.69) is 10.5 Å². The molecule has 0 spiro atoms. The van der Waals surface area contributed by atoms with Crippen LogP contribution in [0.2, 0.25) is 0 Å². The number of anilines is 1. The van der Waals surface area contributed by atoms with Crippen LogP contribution >= 0.6 is 11.3 Å². The highest BCUT2D eigenvalue weighted by atomic mass is 32.1. The molecule has 0 fully saturated rings. The summed E-state index contributed by atoms with van der Waals surface area (Å²) in [5, 5.41) is 1.98. The predicted molar refractivity (Wildman–Crippen MR) is 52.2 cm³/mol. The van der Waals surface area contributed by atoms with Gasteiger partial charge < -0.3 is 0 Å². The van der Waals surface area contributed by atoms with Gasteiger partial charge in [0.05, 0.1) is 17.8 Å². The van der Waals surface area contributed by atoms with E-state index in [0.29, 0.717) is 0 Å². The maximum absolute atomic E-state index is 4.81. The number of thiazole rings is 1. The average molecular weight is 184 g/mol. The van der Waals surface area contributed by atoms with Gasteiger partial charge in [0, 0.05) is 0 Å². The van der Waals surface area contributed by atoms with E-state index in [9.17, 15) is 0 Å². The molecule has 12 heavy (non-hydrogen) atoms. The molecule has 66 valence electrons. The smallest absolute Gasteiger partial charge is 0.140 e. The summed E-state index contributed by atoms with van der Waals surface area (Å²) in [5.41, 5.74) is 3.72. The topological polar surface area (TPSA) is 34.2 Å². The fourth-order valence-electron chi connectivity index (χ4n) is 0.880. The summed E-state index contributed by atoms with van der Waals surface area (Å²) in [6, 6.07) is 0. The van der Waals surface area contributed by atoms with Crippen LogP contribution in [0.3, 0.4) is 0 Å². The van der Waals surface area contributed by atoms with Crippen molar-refractivity contribution in [3.05, 3.63) is 16.8 Å². The van der Waals surface area contributed by atoms with Crippen LogP contribution in [0, 0.1) is 6.92 Å². The summed E-state index contributed by atoms with van der Waals surface area (Å²) < 4.78 is 0. The third kappa shape index (κ3) is 2.06. The van der Waals surface area contributed by atoms with Crippen LogP contribution < -0.4 is 5.48 Å². The van der Waals surface area contributed by atoms with E-state index >= 15 is 0 Å². The maximum atomic E-state index is 4.81. The quantitative estimate of drug-likeness (QED) is 0.733. The Balaban J connectivity index is 2.91. The standard InChI is InChI=1S/C8H12N2OS/c1-4-5-7-8(10-11-3)12-6(2)9-7/h4-5,10H,1-3H3/b5-4-. The lowest BCUT2D eigenvalue weighted by Gasteiger charge is -1.97. The summed E-state index contributed by atoms with van der Waals surface area (Å²) in [6.45, 7) is 3.93. The van der Waals surface area contributed by atoms with E-state index in [4.69, 9.17) is 4.84 Å². The van der Waals surface area contributed by atoms with Gasteiger partial charge >= 0.3 is 0 Å². The highest BCUT2D eigenvalue weighted by molar-refractivity contribution is 7.15. The molecule has 0 aliphatic heterocycles. The Hall–Kier alpha value is -0.870. The van der Waals surface area contributed by atoms with Gasteiger partial charge in [-0.05, 0) is 19.9 Å². The highest BCUT2D eigenvalue weighted by Gasteiger charge is 2.04. The molecule has 0 saturated heterocycles. The molecule has 0 aromatic carbocycles. The predicted octanol–water partition coefficient (Wildman–Crippen LogP) is 2.46. The highest BCUT2D eigenvalue weighted by Crippen LogP contribution is 2.24. The van der Waals surface area contributed by atoms with Gasteiger partial charge in [-0.2, -0.15) is 0 Å². The van der Waals surface area contributed by atoms with E-state index < -0.39 is 0 Å². The third-order valence-electron chi connectivity index (χ3n) is 1.28. The minimum atomic E-state index is 0.932. The van der Waals surface area contributed by atoms with Crippen molar-refractivity contribution in [3.8, 4) is 0 Å². The van der Waals surface area contributed by atoms with Gasteiger partial charge in [0.15, 0.2) is 0 Å². The van der Waals surface area contributed by atoms with Gasteiger partial charge in [-0.25, -0.2) is 4.98 Å². The number of aryl methyl sites for hydroxylation is 1. The van der Waals surface area contributed by atoms with Gasteiger partial charge in [-0.15, -0.1) is 0 Å². The Kier molecular flexibility index (Phi) is 3.25. The van der Waals surface area contributed by atoms with Gasteiger partial charge in [-0.1, -0.05) is 17.4 Å². The number of hydrogen-bond donors (Lipinski definition) is 1. The van der Waals surface area contributed by atoms with Crippen LogP contribution in [0.25, 0.3) is 6.08 Å². The zero-order chi connectivity index (χ0) is 8.97. The Bertz CT molecular complexity index is 281. The first-order valence-electron chi connectivity index (χ1n) is 3.67. The van der Waals surface area contributed by atoms with Crippen molar-refractivity contribution >= 4 is 22.4 Å². The molecule has 0 saturated carbocycles. The van der Waals surface area contributed by atoms with Gasteiger partial charge in [0.1, 0.15) is 5.00 Å². The molecule has 0 amide bonds. The molecular weight excluding hydrogens is 172 g/mol. The maximum Gasteiger partial charge on any atom is 0.140 e. The molecule has 0 aliphatic carbocycles. The summed E-state index contributed by atoms with van der Waals surface area (Å²) in [7, 11) is 1.59. The van der Waals surface area contributed by atoms with Crippen molar-refractivity contribution in [2.24, 2.45) is 0 Å². The third-order valence-corrected chi connectivity index (χ3v) is 2.16. The second kappa shape index (κ2) is 4.23. The Morgan fingerprint density at radius 2 is 2.33 bits per heavy atom. The first-order valence-corrected chi connectivity index (χ1v) is 4.48. The molecule has 4 heteroatoms. The second-order valence-electron chi connectivity index (χ2n) is 2.25. The van der Waals surface area contributed by atoms with Crippen LogP contribution in [0.5, 0.6) is 0 Å². The van der Waals surface area contributed by atoms with Crippen molar-refractivity contribution in [2.75, 3.05) is 12.6 Å². The SMILES string of the molecule is C/C=C\c1nc(C)sc1NOC. The van der Waals surface area contributed by atoms with Gasteiger partial charge in [-0.3, -0.25) is 10.3 Å². The summed E-state index contributed by atoms with van der Waals surface area (Å²) >= 11 is 1.58. The molecule has 3 nitrogen and oxygen atoms in total. The van der Waals surface area contributed by atoms with E-state index in [-0.39, 0.29) is 0 Å². The molecule has 1 rings (SSSR count). The number of aromatic nitrogens is 1. The molecule has 0 atom stereocenters. The van der Waals surface area contributed by atoms with Crippen molar-refractivity contribution in [2.45, 2.75) is 13.8 Å². The number of nitrogens with zero attached hydrogens (tertiary/aromatic N) is 1. The molecule has 0 radical (unpaired) electrons. The number of nitrogens with one attached hydrogen (secondary N) is 1. The van der Waals surface area contributed by atoms with Crippen LogP contribution in [-0.4, -0.2) is 12.1 Å². The molecule has 1 N–H and O–H groups in total. The Morgan fingerprint density at radius 1 is 1.58 bits per heavy atom. The van der Waals surface area contributed by atoms with Crippen LogP contribution in [-0.2, 0) is 4.84 Å². The fourth-order valence-corrected chi connectivity index (χ4v) is 1.66. The Labute approximate surface area is 76.0 Å². The first-order chi connectivity index (χ1) is 5.77. The number of rotatable bonds is 3. The lowest BCUT2D eigenvalue weighted by molar-refractivity contribution is 0.272. The fraction of sp³-hybridized carbons (Fsp3) is 0.375. The lowest BCUT2D eigenvalue weighted by atomic mass is 10.4. The van der Waals surface area contributed by atoms with E-state index in [1.54, 1.807) is 18.4 Å². The minimum Gasteiger partial charge on any atom is -0.279 e. The molecular formula is C8H12N2OS. The van der Waals surface area contributed by atoms with E-state index in [0.717, 1.165) is 15.7 Å². The average Bonchev–Trinajstić information content (AvgIpc) is 2.33. The summed E-state index contributed by atoms with van der Waals surface area (Å²) in [4.78, 5) is 9.12. The van der Waals surface area contributed by atoms with Crippen LogP contribution in [0.4, 0.5) is 5.00 Å². The van der Waals surface area contributed by atoms with Crippen molar-refractivity contribution in [1.82, 2.24) is 4.98 Å². The molecule has 1 heterocycles. The zero-order valence-electron chi connectivity index (χ0n) is 7.42. The number of hydrogen-bond acceptors (Lipinski definition) is 4. The molecule has 0 bridgehead atoms. The van der Waals surface area contributed by atoms with Crippen molar-refractivity contribution in [1.29, 1.82) is 0 Å².